The maximum Gasteiger partial charge on any atom is 0.150 e. The van der Waals surface area contributed by atoms with Crippen molar-refractivity contribution in [3.8, 4) is 0 Å². The number of aryl methyl sites for hydroxylation is 3. The molecule has 0 aliphatic heterocycles. The fourth-order valence-electron chi connectivity index (χ4n) is 5.23. The Bertz CT molecular complexity index is 1280. The summed E-state index contributed by atoms with van der Waals surface area (Å²) in [6.07, 6.45) is 5.00. The van der Waals surface area contributed by atoms with Crippen molar-refractivity contribution in [2.45, 2.75) is 64.7 Å². The third kappa shape index (κ3) is 6.07. The minimum absolute atomic E-state index is 0.172. The number of hydrogen-bond acceptors (Lipinski definition) is 4. The van der Waals surface area contributed by atoms with Crippen LogP contribution in [0.15, 0.2) is 60.7 Å². The quantitative estimate of drug-likeness (QED) is 0.345. The second kappa shape index (κ2) is 10.4. The SMILES string of the molecule is Cc1ccc(NC(C)c2cc(Nc3cccc4c3CCC(C(C)S(C)(=O)=O)CC4)ccc2C)cc1. The van der Waals surface area contributed by atoms with Gasteiger partial charge in [-0.05, 0) is 112 Å². The topological polar surface area (TPSA) is 58.2 Å². The van der Waals surface area contributed by atoms with Crippen LogP contribution in [0.5, 0.6) is 0 Å². The summed E-state index contributed by atoms with van der Waals surface area (Å²) >= 11 is 0. The summed E-state index contributed by atoms with van der Waals surface area (Å²) in [5.74, 6) is 0.199. The van der Waals surface area contributed by atoms with Crippen LogP contribution in [0.1, 0.15) is 60.5 Å². The van der Waals surface area contributed by atoms with E-state index in [1.807, 2.05) is 6.92 Å². The molecule has 0 radical (unpaired) electrons. The van der Waals surface area contributed by atoms with Crippen molar-refractivity contribution in [3.63, 3.8) is 0 Å². The van der Waals surface area contributed by atoms with E-state index in [1.165, 1.54) is 34.1 Å². The van der Waals surface area contributed by atoms with Gasteiger partial charge in [0.2, 0.25) is 0 Å². The third-order valence-corrected chi connectivity index (χ3v) is 9.36. The Labute approximate surface area is 211 Å². The number of hydrogen-bond donors (Lipinski definition) is 2. The molecule has 35 heavy (non-hydrogen) atoms. The van der Waals surface area contributed by atoms with Gasteiger partial charge in [0.25, 0.3) is 0 Å². The molecule has 1 aliphatic rings. The zero-order chi connectivity index (χ0) is 25.2. The van der Waals surface area contributed by atoms with Crippen molar-refractivity contribution in [2.24, 2.45) is 5.92 Å². The highest BCUT2D eigenvalue weighted by atomic mass is 32.2. The van der Waals surface area contributed by atoms with Gasteiger partial charge in [-0.2, -0.15) is 0 Å². The van der Waals surface area contributed by atoms with Crippen LogP contribution in [0.25, 0.3) is 0 Å². The number of anilines is 3. The highest BCUT2D eigenvalue weighted by Crippen LogP contribution is 2.34. The molecule has 0 bridgehead atoms. The van der Waals surface area contributed by atoms with Crippen LogP contribution in [0, 0.1) is 19.8 Å². The molecule has 0 saturated carbocycles. The first-order valence-electron chi connectivity index (χ1n) is 12.6. The van der Waals surface area contributed by atoms with E-state index in [9.17, 15) is 8.42 Å². The lowest BCUT2D eigenvalue weighted by Crippen LogP contribution is -2.26. The summed E-state index contributed by atoms with van der Waals surface area (Å²) < 4.78 is 24.3. The van der Waals surface area contributed by atoms with Crippen molar-refractivity contribution in [1.82, 2.24) is 0 Å². The molecular formula is C30H38N2O2S. The molecule has 0 fully saturated rings. The predicted molar refractivity (Wildman–Crippen MR) is 149 cm³/mol. The molecule has 3 aromatic rings. The molecule has 186 valence electrons. The zero-order valence-corrected chi connectivity index (χ0v) is 22.4. The minimum Gasteiger partial charge on any atom is -0.379 e. The lowest BCUT2D eigenvalue weighted by molar-refractivity contribution is 0.442. The summed E-state index contributed by atoms with van der Waals surface area (Å²) in [6, 6.07) is 21.7. The molecule has 2 N–H and O–H groups in total. The Balaban J connectivity index is 1.53. The summed E-state index contributed by atoms with van der Waals surface area (Å²) in [7, 11) is -3.03. The minimum atomic E-state index is -3.03. The Kier molecular flexibility index (Phi) is 7.56. The van der Waals surface area contributed by atoms with Gasteiger partial charge in [-0.1, -0.05) is 35.9 Å². The number of nitrogens with one attached hydrogen (secondary N) is 2. The molecule has 3 atom stereocenters. The molecule has 0 heterocycles. The highest BCUT2D eigenvalue weighted by Gasteiger charge is 2.28. The molecule has 5 heteroatoms. The van der Waals surface area contributed by atoms with Gasteiger partial charge in [0.05, 0.1) is 5.25 Å². The monoisotopic (exact) mass is 490 g/mol. The van der Waals surface area contributed by atoms with Gasteiger partial charge in [-0.25, -0.2) is 8.42 Å². The molecule has 3 unspecified atom stereocenters. The maximum atomic E-state index is 12.2. The Morgan fingerprint density at radius 3 is 2.29 bits per heavy atom. The van der Waals surface area contributed by atoms with Crippen LogP contribution >= 0.6 is 0 Å². The van der Waals surface area contributed by atoms with Gasteiger partial charge >= 0.3 is 0 Å². The maximum absolute atomic E-state index is 12.2. The van der Waals surface area contributed by atoms with E-state index in [1.54, 1.807) is 0 Å². The van der Waals surface area contributed by atoms with Gasteiger partial charge in [-0.15, -0.1) is 0 Å². The molecule has 0 aromatic heterocycles. The summed E-state index contributed by atoms with van der Waals surface area (Å²) in [5.41, 5.74) is 9.75. The van der Waals surface area contributed by atoms with Crippen molar-refractivity contribution in [1.29, 1.82) is 0 Å². The van der Waals surface area contributed by atoms with Crippen LogP contribution in [0.3, 0.4) is 0 Å². The molecule has 0 spiro atoms. The fourth-order valence-corrected chi connectivity index (χ4v) is 6.20. The molecular weight excluding hydrogens is 452 g/mol. The van der Waals surface area contributed by atoms with Gasteiger partial charge < -0.3 is 10.6 Å². The first-order valence-corrected chi connectivity index (χ1v) is 14.6. The van der Waals surface area contributed by atoms with Crippen molar-refractivity contribution in [3.05, 3.63) is 88.5 Å². The van der Waals surface area contributed by atoms with E-state index in [0.29, 0.717) is 0 Å². The molecule has 1 aliphatic carbocycles. The Hall–Kier alpha value is -2.79. The molecule has 4 nitrogen and oxygen atoms in total. The number of sulfone groups is 1. The van der Waals surface area contributed by atoms with Gasteiger partial charge in [0.1, 0.15) is 9.84 Å². The number of benzene rings is 3. The van der Waals surface area contributed by atoms with E-state index in [0.717, 1.165) is 42.7 Å². The second-order valence-electron chi connectivity index (χ2n) is 10.2. The van der Waals surface area contributed by atoms with Crippen LogP contribution in [0.4, 0.5) is 17.1 Å². The average molecular weight is 491 g/mol. The van der Waals surface area contributed by atoms with Gasteiger partial charge in [0, 0.05) is 29.4 Å². The number of rotatable bonds is 7. The molecule has 0 saturated heterocycles. The van der Waals surface area contributed by atoms with Gasteiger partial charge in [0.15, 0.2) is 0 Å². The van der Waals surface area contributed by atoms with E-state index < -0.39 is 9.84 Å². The zero-order valence-electron chi connectivity index (χ0n) is 21.6. The molecule has 0 amide bonds. The van der Waals surface area contributed by atoms with Crippen LogP contribution in [-0.4, -0.2) is 19.9 Å². The van der Waals surface area contributed by atoms with E-state index in [4.69, 9.17) is 0 Å². The van der Waals surface area contributed by atoms with E-state index in [-0.39, 0.29) is 17.2 Å². The lowest BCUT2D eigenvalue weighted by atomic mass is 9.96. The Morgan fingerprint density at radius 2 is 1.57 bits per heavy atom. The second-order valence-corrected chi connectivity index (χ2v) is 12.6. The van der Waals surface area contributed by atoms with Crippen molar-refractivity contribution in [2.75, 3.05) is 16.9 Å². The van der Waals surface area contributed by atoms with Crippen LogP contribution in [-0.2, 0) is 22.7 Å². The average Bonchev–Trinajstić information content (AvgIpc) is 3.04. The predicted octanol–water partition coefficient (Wildman–Crippen LogP) is 7.15. The summed E-state index contributed by atoms with van der Waals surface area (Å²) in [6.45, 7) is 8.33. The fraction of sp³-hybridized carbons (Fsp3) is 0.400. The molecule has 3 aromatic carbocycles. The van der Waals surface area contributed by atoms with Crippen LogP contribution in [0.2, 0.25) is 0 Å². The van der Waals surface area contributed by atoms with E-state index in [2.05, 4.69) is 92.1 Å². The highest BCUT2D eigenvalue weighted by molar-refractivity contribution is 7.91. The van der Waals surface area contributed by atoms with Crippen molar-refractivity contribution < 1.29 is 8.42 Å². The standard InChI is InChI=1S/C30H38N2O2S/c1-20-9-15-26(16-10-20)31-22(3)29-19-27(17-11-21(29)2)32-30-8-6-7-25-13-12-24(14-18-28(25)30)23(4)35(5,33)34/h6-11,15-17,19,22-24,31-32H,12-14,18H2,1-5H3. The summed E-state index contributed by atoms with van der Waals surface area (Å²) in [5, 5.41) is 7.01. The third-order valence-electron chi connectivity index (χ3n) is 7.62. The largest absolute Gasteiger partial charge is 0.379 e. The molecule has 4 rings (SSSR count). The number of fused-ring (bicyclic) bond motifs is 1. The first kappa shape index (κ1) is 25.3. The van der Waals surface area contributed by atoms with Crippen LogP contribution < -0.4 is 10.6 Å². The smallest absolute Gasteiger partial charge is 0.150 e. The van der Waals surface area contributed by atoms with E-state index >= 15 is 0 Å². The first-order chi connectivity index (χ1) is 16.6. The Morgan fingerprint density at radius 1 is 0.886 bits per heavy atom. The normalized spacial score (nSPS) is 17.7. The van der Waals surface area contributed by atoms with Gasteiger partial charge in [-0.3, -0.25) is 0 Å². The van der Waals surface area contributed by atoms with Crippen molar-refractivity contribution >= 4 is 26.9 Å². The lowest BCUT2D eigenvalue weighted by Gasteiger charge is -2.21. The summed E-state index contributed by atoms with van der Waals surface area (Å²) in [4.78, 5) is 0.